The number of halogens is 1. The first-order chi connectivity index (χ1) is 12.1. The number of pyridine rings is 1. The standard InChI is InChI=1S/C19H16BrN3OS/c1-12-11-13(7-8-14(12)20)23-18(16-6-4-10-24-16)17(22-19(23)25)15-5-2-3-9-21-15/h2-11,17-18H,1H3,(H,22,25)/t17-,18+/m0/s1. The molecule has 0 aliphatic carbocycles. The van der Waals surface area contributed by atoms with Crippen molar-refractivity contribution in [3.05, 3.63) is 82.5 Å². The Morgan fingerprint density at radius 2 is 2.08 bits per heavy atom. The minimum atomic E-state index is -0.0991. The predicted octanol–water partition coefficient (Wildman–Crippen LogP) is 4.92. The topological polar surface area (TPSA) is 41.3 Å². The highest BCUT2D eigenvalue weighted by molar-refractivity contribution is 9.10. The highest BCUT2D eigenvalue weighted by atomic mass is 79.9. The number of aryl methyl sites for hydroxylation is 1. The molecule has 0 spiro atoms. The van der Waals surface area contributed by atoms with Crippen LogP contribution in [0, 0.1) is 6.92 Å². The molecule has 2 aromatic heterocycles. The highest BCUT2D eigenvalue weighted by Gasteiger charge is 2.42. The third-order valence-electron chi connectivity index (χ3n) is 4.35. The van der Waals surface area contributed by atoms with E-state index < -0.39 is 0 Å². The SMILES string of the molecule is Cc1cc(N2C(=S)N[C@@H](c3ccccn3)[C@H]2c2ccco2)ccc1Br. The maximum absolute atomic E-state index is 5.74. The second-order valence-electron chi connectivity index (χ2n) is 5.95. The molecule has 25 heavy (non-hydrogen) atoms. The van der Waals surface area contributed by atoms with E-state index in [4.69, 9.17) is 16.6 Å². The lowest BCUT2D eigenvalue weighted by molar-refractivity contribution is 0.432. The molecule has 1 fully saturated rings. The summed E-state index contributed by atoms with van der Waals surface area (Å²) in [6, 6.07) is 15.8. The summed E-state index contributed by atoms with van der Waals surface area (Å²) in [5.74, 6) is 0.851. The van der Waals surface area contributed by atoms with Crippen molar-refractivity contribution in [2.24, 2.45) is 0 Å². The van der Waals surface area contributed by atoms with E-state index in [1.165, 1.54) is 0 Å². The normalized spacial score (nSPS) is 19.9. The molecule has 3 aromatic rings. The number of hydrogen-bond acceptors (Lipinski definition) is 3. The molecule has 126 valence electrons. The van der Waals surface area contributed by atoms with Gasteiger partial charge in [-0.2, -0.15) is 0 Å². The van der Waals surface area contributed by atoms with E-state index in [9.17, 15) is 0 Å². The number of aromatic nitrogens is 1. The average Bonchev–Trinajstić information content (AvgIpc) is 3.25. The molecule has 1 aromatic carbocycles. The van der Waals surface area contributed by atoms with Crippen LogP contribution in [-0.4, -0.2) is 10.1 Å². The Morgan fingerprint density at radius 1 is 1.20 bits per heavy atom. The van der Waals surface area contributed by atoms with Gasteiger partial charge in [-0.3, -0.25) is 4.98 Å². The van der Waals surface area contributed by atoms with Crippen molar-refractivity contribution in [3.63, 3.8) is 0 Å². The minimum Gasteiger partial charge on any atom is -0.467 e. The molecular formula is C19H16BrN3OS. The summed E-state index contributed by atoms with van der Waals surface area (Å²) < 4.78 is 6.82. The molecule has 4 rings (SSSR count). The van der Waals surface area contributed by atoms with Gasteiger partial charge in [-0.1, -0.05) is 22.0 Å². The van der Waals surface area contributed by atoms with Crippen molar-refractivity contribution in [2.45, 2.75) is 19.0 Å². The number of furan rings is 1. The molecule has 0 bridgehead atoms. The van der Waals surface area contributed by atoms with E-state index >= 15 is 0 Å². The third-order valence-corrected chi connectivity index (χ3v) is 5.56. The van der Waals surface area contributed by atoms with Crippen molar-refractivity contribution in [3.8, 4) is 0 Å². The number of benzene rings is 1. The first kappa shape index (κ1) is 16.3. The molecule has 0 saturated carbocycles. The summed E-state index contributed by atoms with van der Waals surface area (Å²) in [5, 5.41) is 4.08. The molecule has 1 aliphatic rings. The second kappa shape index (κ2) is 6.61. The van der Waals surface area contributed by atoms with Crippen LogP contribution in [0.5, 0.6) is 0 Å². The number of thiocarbonyl (C=S) groups is 1. The molecule has 0 unspecified atom stereocenters. The van der Waals surface area contributed by atoms with Gasteiger partial charge in [-0.15, -0.1) is 0 Å². The molecule has 1 N–H and O–H groups in total. The minimum absolute atomic E-state index is 0.0798. The van der Waals surface area contributed by atoms with Crippen molar-refractivity contribution < 1.29 is 4.42 Å². The molecule has 0 amide bonds. The summed E-state index contributed by atoms with van der Waals surface area (Å²) in [6.07, 6.45) is 3.49. The number of rotatable bonds is 3. The average molecular weight is 414 g/mol. The van der Waals surface area contributed by atoms with E-state index in [1.54, 1.807) is 12.5 Å². The Hall–Kier alpha value is -2.18. The molecule has 1 aliphatic heterocycles. The zero-order valence-electron chi connectivity index (χ0n) is 13.5. The van der Waals surface area contributed by atoms with Crippen LogP contribution in [0.25, 0.3) is 0 Å². The van der Waals surface area contributed by atoms with Crippen LogP contribution in [0.2, 0.25) is 0 Å². The van der Waals surface area contributed by atoms with Crippen LogP contribution in [0.1, 0.15) is 29.1 Å². The Bertz CT molecular complexity index is 898. The smallest absolute Gasteiger partial charge is 0.174 e. The molecule has 6 heteroatoms. The molecule has 3 heterocycles. The molecule has 4 nitrogen and oxygen atoms in total. The number of hydrogen-bond donors (Lipinski definition) is 1. The largest absolute Gasteiger partial charge is 0.467 e. The van der Waals surface area contributed by atoms with E-state index in [0.717, 1.165) is 27.2 Å². The van der Waals surface area contributed by atoms with Crippen LogP contribution in [-0.2, 0) is 0 Å². The van der Waals surface area contributed by atoms with Gasteiger partial charge < -0.3 is 14.6 Å². The number of nitrogens with zero attached hydrogens (tertiary/aromatic N) is 2. The molecule has 0 radical (unpaired) electrons. The number of nitrogens with one attached hydrogen (secondary N) is 1. The van der Waals surface area contributed by atoms with Crippen LogP contribution in [0.15, 0.2) is 69.9 Å². The van der Waals surface area contributed by atoms with Crippen LogP contribution in [0.4, 0.5) is 5.69 Å². The summed E-state index contributed by atoms with van der Waals surface area (Å²) in [4.78, 5) is 6.62. The predicted molar refractivity (Wildman–Crippen MR) is 106 cm³/mol. The van der Waals surface area contributed by atoms with Gasteiger partial charge in [0.05, 0.1) is 18.0 Å². The maximum Gasteiger partial charge on any atom is 0.174 e. The van der Waals surface area contributed by atoms with E-state index in [0.29, 0.717) is 5.11 Å². The van der Waals surface area contributed by atoms with E-state index in [1.807, 2.05) is 36.4 Å². The fourth-order valence-corrected chi connectivity index (χ4v) is 3.75. The Balaban J connectivity index is 1.82. The Kier molecular flexibility index (Phi) is 4.31. The number of anilines is 1. The van der Waals surface area contributed by atoms with Crippen molar-refractivity contribution >= 4 is 38.9 Å². The van der Waals surface area contributed by atoms with E-state index in [-0.39, 0.29) is 12.1 Å². The summed E-state index contributed by atoms with van der Waals surface area (Å²) in [7, 11) is 0. The van der Waals surface area contributed by atoms with Gasteiger partial charge in [0.1, 0.15) is 11.8 Å². The lowest BCUT2D eigenvalue weighted by Gasteiger charge is -2.26. The Labute approximate surface area is 160 Å². The van der Waals surface area contributed by atoms with Gasteiger partial charge in [0.15, 0.2) is 5.11 Å². The zero-order valence-corrected chi connectivity index (χ0v) is 15.9. The second-order valence-corrected chi connectivity index (χ2v) is 7.19. The van der Waals surface area contributed by atoms with Gasteiger partial charge >= 0.3 is 0 Å². The zero-order chi connectivity index (χ0) is 17.4. The van der Waals surface area contributed by atoms with Crippen LogP contribution >= 0.6 is 28.1 Å². The molecular weight excluding hydrogens is 398 g/mol. The fraction of sp³-hybridized carbons (Fsp3) is 0.158. The first-order valence-electron chi connectivity index (χ1n) is 7.95. The van der Waals surface area contributed by atoms with Gasteiger partial charge in [0, 0.05) is 16.4 Å². The summed E-state index contributed by atoms with van der Waals surface area (Å²) in [5.41, 5.74) is 3.11. The van der Waals surface area contributed by atoms with Gasteiger partial charge in [-0.05, 0) is 67.2 Å². The lowest BCUT2D eigenvalue weighted by Crippen LogP contribution is -2.29. The van der Waals surface area contributed by atoms with Crippen molar-refractivity contribution in [1.82, 2.24) is 10.3 Å². The Morgan fingerprint density at radius 3 is 2.76 bits per heavy atom. The van der Waals surface area contributed by atoms with Crippen molar-refractivity contribution in [1.29, 1.82) is 0 Å². The summed E-state index contributed by atoms with van der Waals surface area (Å²) >= 11 is 9.22. The molecule has 1 saturated heterocycles. The molecule has 2 atom stereocenters. The third kappa shape index (κ3) is 2.96. The lowest BCUT2D eigenvalue weighted by atomic mass is 10.0. The van der Waals surface area contributed by atoms with Gasteiger partial charge in [0.2, 0.25) is 0 Å². The maximum atomic E-state index is 5.74. The highest BCUT2D eigenvalue weighted by Crippen LogP contribution is 2.42. The van der Waals surface area contributed by atoms with Gasteiger partial charge in [-0.25, -0.2) is 0 Å². The van der Waals surface area contributed by atoms with Crippen LogP contribution < -0.4 is 10.2 Å². The van der Waals surface area contributed by atoms with Crippen molar-refractivity contribution in [2.75, 3.05) is 4.90 Å². The first-order valence-corrected chi connectivity index (χ1v) is 9.15. The van der Waals surface area contributed by atoms with Gasteiger partial charge in [0.25, 0.3) is 0 Å². The van der Waals surface area contributed by atoms with Crippen LogP contribution in [0.3, 0.4) is 0 Å². The van der Waals surface area contributed by atoms with E-state index in [2.05, 4.69) is 50.2 Å². The fourth-order valence-electron chi connectivity index (χ4n) is 3.16. The summed E-state index contributed by atoms with van der Waals surface area (Å²) in [6.45, 7) is 2.07. The quantitative estimate of drug-likeness (QED) is 0.616. The monoisotopic (exact) mass is 413 g/mol.